The van der Waals surface area contributed by atoms with Gasteiger partial charge in [-0.05, 0) is 12.8 Å². The Bertz CT molecular complexity index is 584. The van der Waals surface area contributed by atoms with E-state index in [-0.39, 0.29) is 72.0 Å². The van der Waals surface area contributed by atoms with Crippen LogP contribution in [0, 0.1) is 0 Å². The summed E-state index contributed by atoms with van der Waals surface area (Å²) in [5.41, 5.74) is -2.09. The van der Waals surface area contributed by atoms with Crippen molar-refractivity contribution in [3.8, 4) is 0 Å². The summed E-state index contributed by atoms with van der Waals surface area (Å²) in [6, 6.07) is 0. The Labute approximate surface area is 262 Å². The average Bonchev–Trinajstić information content (AvgIpc) is 2.75. The Morgan fingerprint density at radius 1 is 0.444 bits per heavy atom. The van der Waals surface area contributed by atoms with Crippen LogP contribution in [0.5, 0.6) is 0 Å². The molecule has 0 bridgehead atoms. The van der Waals surface area contributed by atoms with Crippen LogP contribution in [-0.2, 0) is 18.7 Å². The molecular weight excluding hydrogens is 524 g/mol. The first-order valence-corrected chi connectivity index (χ1v) is 16.3. The molecule has 2 N–H and O–H groups in total. The summed E-state index contributed by atoms with van der Waals surface area (Å²) in [5, 5.41) is 0. The van der Waals surface area contributed by atoms with Gasteiger partial charge in [0.25, 0.3) is 0 Å². The minimum absolute atomic E-state index is 0. The third-order valence-corrected chi connectivity index (χ3v) is 7.87. The zero-order chi connectivity index (χ0) is 25.7. The fourth-order valence-corrected chi connectivity index (χ4v) is 4.90. The molecule has 0 rings (SSSR count). The van der Waals surface area contributed by atoms with Gasteiger partial charge in [-0.3, -0.25) is 14.2 Å². The summed E-state index contributed by atoms with van der Waals surface area (Å²) in [4.78, 5) is 60.5. The number of unbranched alkanes of at least 4 members (excludes halogenated alkanes) is 19. The number of hydrogen-bond acceptors (Lipinski definition) is 6. The maximum atomic E-state index is 11.1. The van der Waals surface area contributed by atoms with Crippen molar-refractivity contribution in [3.05, 3.63) is 0 Å². The van der Waals surface area contributed by atoms with Crippen LogP contribution in [0.1, 0.15) is 141 Å². The quantitative estimate of drug-likeness (QED) is 0.0863. The maximum absolute atomic E-state index is 11.1. The van der Waals surface area contributed by atoms with E-state index in [9.17, 15) is 28.5 Å². The Morgan fingerprint density at radius 3 is 0.833 bits per heavy atom. The topological polar surface area (TPSA) is 155 Å². The van der Waals surface area contributed by atoms with Crippen molar-refractivity contribution in [1.29, 1.82) is 0 Å². The third-order valence-electron chi connectivity index (χ3n) is 6.16. The predicted molar refractivity (Wildman–Crippen MR) is 131 cm³/mol. The zero-order valence-electron chi connectivity index (χ0n) is 22.8. The largest absolute Gasteiger partial charge is 1.00 e. The molecule has 0 amide bonds. The van der Waals surface area contributed by atoms with E-state index in [1.54, 1.807) is 0 Å². The normalized spacial score (nSPS) is 11.6. The van der Waals surface area contributed by atoms with Gasteiger partial charge in [-0.15, -0.1) is 0 Å². The molecule has 0 aliphatic heterocycles. The van der Waals surface area contributed by atoms with E-state index in [4.69, 9.17) is 9.79 Å². The second kappa shape index (κ2) is 26.8. The van der Waals surface area contributed by atoms with Gasteiger partial charge in [0.1, 0.15) is 0 Å². The Hall–Kier alpha value is 1.64. The predicted octanol–water partition coefficient (Wildman–Crippen LogP) is -0.279. The van der Waals surface area contributed by atoms with E-state index in [1.807, 2.05) is 0 Å². The van der Waals surface area contributed by atoms with Crippen LogP contribution in [-0.4, -0.2) is 20.8 Å². The fraction of sp³-hybridized carbons (Fsp3) is 0.917. The zero-order valence-corrected chi connectivity index (χ0v) is 28.6. The van der Waals surface area contributed by atoms with Crippen molar-refractivity contribution in [2.75, 3.05) is 0 Å². The second-order valence-electron chi connectivity index (χ2n) is 9.40. The fourth-order valence-electron chi connectivity index (χ4n) is 4.02. The van der Waals surface area contributed by atoms with Gasteiger partial charge in [0, 0.05) is 20.4 Å². The first-order valence-electron chi connectivity index (χ1n) is 13.2. The standard InChI is InChI=1S/C24H48O8P2.2Na/c25-23(33(27,28)29)21-19-17-15-13-11-9-7-5-3-1-2-4-6-8-10-12-14-16-18-20-22-24(26)34(30,31)32;;/h1-22H2,(H2,27,28,29)(H2,30,31,32);;/q;2*+1/p-2. The smallest absolute Gasteiger partial charge is 0.805 e. The van der Waals surface area contributed by atoms with Gasteiger partial charge in [-0.2, -0.15) is 0 Å². The average molecular weight is 571 g/mol. The molecule has 0 radical (unpaired) electrons. The van der Waals surface area contributed by atoms with Gasteiger partial charge in [0.15, 0.2) is 5.52 Å². The van der Waals surface area contributed by atoms with Gasteiger partial charge in [-0.25, -0.2) is 0 Å². The van der Waals surface area contributed by atoms with Gasteiger partial charge < -0.3 is 24.1 Å². The van der Waals surface area contributed by atoms with E-state index >= 15 is 0 Å². The summed E-state index contributed by atoms with van der Waals surface area (Å²) in [6.45, 7) is 0. The van der Waals surface area contributed by atoms with Crippen molar-refractivity contribution in [2.45, 2.75) is 141 Å². The molecule has 0 heterocycles. The summed E-state index contributed by atoms with van der Waals surface area (Å²) < 4.78 is 21.2. The minimum atomic E-state index is -5.02. The minimum Gasteiger partial charge on any atom is -0.805 e. The molecule has 12 heteroatoms. The SMILES string of the molecule is O=C(CCCCCCCCCCCCCCCCCCCCCCC(=O)P(=O)(O)O)P(=O)([O-])[O-].[Na+].[Na+]. The molecule has 36 heavy (non-hydrogen) atoms. The molecule has 0 fully saturated rings. The van der Waals surface area contributed by atoms with Gasteiger partial charge in [-0.1, -0.05) is 116 Å². The summed E-state index contributed by atoms with van der Waals surface area (Å²) in [6.07, 6.45) is 21.8. The van der Waals surface area contributed by atoms with E-state index in [0.717, 1.165) is 38.5 Å². The third kappa shape index (κ3) is 28.6. The molecule has 0 saturated heterocycles. The second-order valence-corrected chi connectivity index (χ2v) is 12.5. The molecule has 0 unspecified atom stereocenters. The Kier molecular flexibility index (Phi) is 31.4. The molecule has 0 aromatic carbocycles. The maximum Gasteiger partial charge on any atom is 1.00 e. The van der Waals surface area contributed by atoms with Crippen LogP contribution in [0.15, 0.2) is 0 Å². The van der Waals surface area contributed by atoms with Crippen LogP contribution in [0.3, 0.4) is 0 Å². The van der Waals surface area contributed by atoms with Crippen LogP contribution in [0.2, 0.25) is 0 Å². The number of carbonyl (C=O) groups is 2. The molecule has 0 spiro atoms. The Balaban J connectivity index is -0.00000544. The van der Waals surface area contributed by atoms with E-state index in [1.165, 1.54) is 77.0 Å². The molecule has 8 nitrogen and oxygen atoms in total. The molecule has 0 aliphatic rings. The molecule has 202 valence electrons. The molecule has 0 aromatic rings. The first kappa shape index (κ1) is 42.1. The van der Waals surface area contributed by atoms with Crippen LogP contribution in [0.4, 0.5) is 0 Å². The number of rotatable bonds is 25. The summed E-state index contributed by atoms with van der Waals surface area (Å²) in [5.74, 6) is 0. The molecular formula is C24H46Na2O8P2. The van der Waals surface area contributed by atoms with Crippen LogP contribution in [0.25, 0.3) is 0 Å². The molecule has 0 atom stereocenters. The van der Waals surface area contributed by atoms with E-state index in [2.05, 4.69) is 0 Å². The van der Waals surface area contributed by atoms with E-state index < -0.39 is 26.2 Å². The van der Waals surface area contributed by atoms with Crippen LogP contribution < -0.4 is 68.9 Å². The van der Waals surface area contributed by atoms with Crippen molar-refractivity contribution < 1.29 is 97.4 Å². The van der Waals surface area contributed by atoms with Crippen molar-refractivity contribution in [1.82, 2.24) is 0 Å². The first-order chi connectivity index (χ1) is 16.0. The van der Waals surface area contributed by atoms with Crippen molar-refractivity contribution in [2.24, 2.45) is 0 Å². The monoisotopic (exact) mass is 570 g/mol. The van der Waals surface area contributed by atoms with Crippen LogP contribution >= 0.6 is 15.2 Å². The van der Waals surface area contributed by atoms with E-state index in [0.29, 0.717) is 12.8 Å². The van der Waals surface area contributed by atoms with Gasteiger partial charge in [0.05, 0.1) is 0 Å². The van der Waals surface area contributed by atoms with Gasteiger partial charge >= 0.3 is 66.7 Å². The van der Waals surface area contributed by atoms with Crippen molar-refractivity contribution >= 4 is 26.2 Å². The summed E-state index contributed by atoms with van der Waals surface area (Å²) >= 11 is 0. The number of hydrogen-bond donors (Lipinski definition) is 2. The van der Waals surface area contributed by atoms with Gasteiger partial charge in [0.2, 0.25) is 5.52 Å². The summed E-state index contributed by atoms with van der Waals surface area (Å²) in [7, 11) is -9.55. The molecule has 0 aliphatic carbocycles. The molecule has 0 aromatic heterocycles. The Morgan fingerprint density at radius 2 is 0.639 bits per heavy atom. The molecule has 0 saturated carbocycles. The number of carbonyl (C=O) groups excluding carboxylic acids is 2. The van der Waals surface area contributed by atoms with Crippen molar-refractivity contribution in [3.63, 3.8) is 0 Å².